The first-order chi connectivity index (χ1) is 14.1. The SMILES string of the molecule is CCCNC(=O)[C@@H]1[C@@H](CO)[C@@H]2Cn3c(ccc(C4=CCCCC4)c3=O)[C@H]1N2CC. The molecule has 0 saturated carbocycles. The lowest BCUT2D eigenvalue weighted by Crippen LogP contribution is -2.46. The number of hydrogen-bond acceptors (Lipinski definition) is 4. The molecule has 2 N–H and O–H groups in total. The Kier molecular flexibility index (Phi) is 5.93. The molecule has 1 fully saturated rings. The van der Waals surface area contributed by atoms with Crippen molar-refractivity contribution in [3.05, 3.63) is 39.8 Å². The molecular weight excluding hydrogens is 366 g/mol. The summed E-state index contributed by atoms with van der Waals surface area (Å²) in [4.78, 5) is 28.8. The van der Waals surface area contributed by atoms with Crippen LogP contribution in [-0.2, 0) is 11.3 Å². The zero-order chi connectivity index (χ0) is 20.5. The lowest BCUT2D eigenvalue weighted by atomic mass is 9.86. The van der Waals surface area contributed by atoms with Gasteiger partial charge in [-0.05, 0) is 56.4 Å². The molecule has 1 aromatic heterocycles. The van der Waals surface area contributed by atoms with Gasteiger partial charge in [-0.3, -0.25) is 14.5 Å². The van der Waals surface area contributed by atoms with Crippen molar-refractivity contribution in [3.8, 4) is 0 Å². The molecule has 3 aliphatic rings. The third-order valence-corrected chi connectivity index (χ3v) is 7.02. The highest BCUT2D eigenvalue weighted by Crippen LogP contribution is 2.48. The van der Waals surface area contributed by atoms with Crippen LogP contribution in [0.4, 0.5) is 0 Å². The van der Waals surface area contributed by atoms with Crippen LogP contribution < -0.4 is 10.9 Å². The predicted molar refractivity (Wildman–Crippen MR) is 113 cm³/mol. The van der Waals surface area contributed by atoms with E-state index in [4.69, 9.17) is 0 Å². The van der Waals surface area contributed by atoms with Crippen molar-refractivity contribution in [1.82, 2.24) is 14.8 Å². The van der Waals surface area contributed by atoms with E-state index in [0.717, 1.165) is 49.1 Å². The Labute approximate surface area is 172 Å². The average Bonchev–Trinajstić information content (AvgIpc) is 2.98. The number of fused-ring (bicyclic) bond motifs is 4. The minimum absolute atomic E-state index is 0.00295. The van der Waals surface area contributed by atoms with Gasteiger partial charge in [-0.1, -0.05) is 19.9 Å². The first kappa shape index (κ1) is 20.4. The number of aliphatic hydroxyl groups is 1. The Balaban J connectivity index is 1.77. The molecule has 4 rings (SSSR count). The molecule has 2 bridgehead atoms. The summed E-state index contributed by atoms with van der Waals surface area (Å²) in [5.74, 6) is -0.491. The van der Waals surface area contributed by atoms with Crippen molar-refractivity contribution >= 4 is 11.5 Å². The highest BCUT2D eigenvalue weighted by molar-refractivity contribution is 5.80. The zero-order valence-electron chi connectivity index (χ0n) is 17.6. The van der Waals surface area contributed by atoms with Gasteiger partial charge in [-0.25, -0.2) is 0 Å². The number of amides is 1. The van der Waals surface area contributed by atoms with Crippen LogP contribution in [0.5, 0.6) is 0 Å². The minimum Gasteiger partial charge on any atom is -0.396 e. The number of likely N-dealkylation sites (N-methyl/N-ethyl adjacent to an activating group) is 1. The molecule has 1 aromatic rings. The topological polar surface area (TPSA) is 74.6 Å². The maximum absolute atomic E-state index is 13.4. The maximum Gasteiger partial charge on any atom is 0.258 e. The number of aromatic nitrogens is 1. The largest absolute Gasteiger partial charge is 0.396 e. The molecule has 3 heterocycles. The van der Waals surface area contributed by atoms with E-state index >= 15 is 0 Å². The summed E-state index contributed by atoms with van der Waals surface area (Å²) in [7, 11) is 0. The van der Waals surface area contributed by atoms with Gasteiger partial charge in [-0.15, -0.1) is 0 Å². The van der Waals surface area contributed by atoms with Gasteiger partial charge >= 0.3 is 0 Å². The monoisotopic (exact) mass is 399 g/mol. The van der Waals surface area contributed by atoms with Gasteiger partial charge in [0.1, 0.15) is 0 Å². The van der Waals surface area contributed by atoms with Crippen LogP contribution in [0.2, 0.25) is 0 Å². The number of carbonyl (C=O) groups is 1. The number of nitrogens with zero attached hydrogens (tertiary/aromatic N) is 2. The highest BCUT2D eigenvalue weighted by atomic mass is 16.3. The first-order valence-corrected chi connectivity index (χ1v) is 11.2. The normalized spacial score (nSPS) is 28.7. The van der Waals surface area contributed by atoms with Crippen LogP contribution in [0.25, 0.3) is 5.57 Å². The molecule has 29 heavy (non-hydrogen) atoms. The summed E-state index contributed by atoms with van der Waals surface area (Å²) in [6.45, 7) is 6.06. The van der Waals surface area contributed by atoms with Crippen molar-refractivity contribution in [3.63, 3.8) is 0 Å². The minimum atomic E-state index is -0.329. The molecule has 6 nitrogen and oxygen atoms in total. The predicted octanol–water partition coefficient (Wildman–Crippen LogP) is 2.32. The molecule has 1 amide bonds. The van der Waals surface area contributed by atoms with Gasteiger partial charge in [0, 0.05) is 42.9 Å². The summed E-state index contributed by atoms with van der Waals surface area (Å²) < 4.78 is 1.89. The maximum atomic E-state index is 13.4. The van der Waals surface area contributed by atoms with Crippen molar-refractivity contribution in [2.45, 2.75) is 64.6 Å². The smallest absolute Gasteiger partial charge is 0.258 e. The number of hydrogen-bond donors (Lipinski definition) is 2. The van der Waals surface area contributed by atoms with Crippen LogP contribution in [-0.4, -0.2) is 46.2 Å². The number of rotatable bonds is 6. The van der Waals surface area contributed by atoms with Crippen LogP contribution in [0, 0.1) is 11.8 Å². The molecule has 4 atom stereocenters. The summed E-state index contributed by atoms with van der Waals surface area (Å²) in [6, 6.07) is 3.87. The van der Waals surface area contributed by atoms with Gasteiger partial charge in [-0.2, -0.15) is 0 Å². The average molecular weight is 400 g/mol. The molecule has 6 heteroatoms. The van der Waals surface area contributed by atoms with Gasteiger partial charge < -0.3 is 15.0 Å². The third kappa shape index (κ3) is 3.36. The summed E-state index contributed by atoms with van der Waals surface area (Å²) in [5, 5.41) is 13.2. The molecule has 0 spiro atoms. The number of allylic oxidation sites excluding steroid dienone is 2. The highest BCUT2D eigenvalue weighted by Gasteiger charge is 2.55. The Hall–Kier alpha value is -1.92. The van der Waals surface area contributed by atoms with E-state index in [9.17, 15) is 14.7 Å². The van der Waals surface area contributed by atoms with E-state index in [1.807, 2.05) is 17.6 Å². The van der Waals surface area contributed by atoms with Gasteiger partial charge in [0.15, 0.2) is 0 Å². The van der Waals surface area contributed by atoms with Crippen LogP contribution >= 0.6 is 0 Å². The summed E-state index contributed by atoms with van der Waals surface area (Å²) >= 11 is 0. The van der Waals surface area contributed by atoms with E-state index in [0.29, 0.717) is 13.1 Å². The van der Waals surface area contributed by atoms with E-state index < -0.39 is 0 Å². The molecule has 158 valence electrons. The second kappa shape index (κ2) is 8.44. The van der Waals surface area contributed by atoms with Gasteiger partial charge in [0.05, 0.1) is 12.0 Å². The van der Waals surface area contributed by atoms with E-state index in [-0.39, 0.29) is 42.0 Å². The van der Waals surface area contributed by atoms with Gasteiger partial charge in [0.25, 0.3) is 5.56 Å². The molecule has 1 saturated heterocycles. The van der Waals surface area contributed by atoms with Crippen molar-refractivity contribution in [1.29, 1.82) is 0 Å². The second-order valence-corrected chi connectivity index (χ2v) is 8.57. The van der Waals surface area contributed by atoms with E-state index in [1.54, 1.807) is 0 Å². The lowest BCUT2D eigenvalue weighted by molar-refractivity contribution is -0.127. The fourth-order valence-electron chi connectivity index (χ4n) is 5.65. The Morgan fingerprint density at radius 1 is 1.28 bits per heavy atom. The number of carbonyl (C=O) groups excluding carboxylic acids is 1. The molecular formula is C23H33N3O3. The summed E-state index contributed by atoms with van der Waals surface area (Å²) in [6.07, 6.45) is 7.41. The van der Waals surface area contributed by atoms with Gasteiger partial charge in [0.2, 0.25) is 5.91 Å². The molecule has 0 aromatic carbocycles. The number of aliphatic hydroxyl groups excluding tert-OH is 1. The van der Waals surface area contributed by atoms with Crippen molar-refractivity contribution in [2.75, 3.05) is 19.7 Å². The van der Waals surface area contributed by atoms with Crippen LogP contribution in [0.1, 0.15) is 63.3 Å². The quantitative estimate of drug-likeness (QED) is 0.770. The third-order valence-electron chi connectivity index (χ3n) is 7.02. The van der Waals surface area contributed by atoms with Crippen LogP contribution in [0.15, 0.2) is 23.0 Å². The molecule has 0 radical (unpaired) electrons. The van der Waals surface area contributed by atoms with Crippen molar-refractivity contribution in [2.24, 2.45) is 11.8 Å². The fraction of sp³-hybridized carbons (Fsp3) is 0.652. The molecule has 1 aliphatic carbocycles. The van der Waals surface area contributed by atoms with Crippen molar-refractivity contribution < 1.29 is 9.90 Å². The summed E-state index contributed by atoms with van der Waals surface area (Å²) in [5.41, 5.74) is 2.96. The Morgan fingerprint density at radius 2 is 2.10 bits per heavy atom. The van der Waals surface area contributed by atoms with Crippen LogP contribution in [0.3, 0.4) is 0 Å². The second-order valence-electron chi connectivity index (χ2n) is 8.57. The number of nitrogens with one attached hydrogen (secondary N) is 1. The fourth-order valence-corrected chi connectivity index (χ4v) is 5.65. The first-order valence-electron chi connectivity index (χ1n) is 11.2. The number of pyridine rings is 1. The lowest BCUT2D eigenvalue weighted by Gasteiger charge is -2.37. The standard InChI is InChI=1S/C23H33N3O3/c1-3-12-24-22(28)20-17(14-27)19-13-26-18(21(20)25(19)4-2)11-10-16(23(26)29)15-8-6-5-7-9-15/h8,10-11,17,19-21,27H,3-7,9,12-14H2,1-2H3,(H,24,28)/t17-,19-,20+,21+/m0/s1. The zero-order valence-corrected chi connectivity index (χ0v) is 17.6. The molecule has 2 aliphatic heterocycles. The molecule has 0 unspecified atom stereocenters. The Bertz CT molecular complexity index is 859. The Morgan fingerprint density at radius 3 is 2.76 bits per heavy atom. The van der Waals surface area contributed by atoms with E-state index in [1.165, 1.54) is 6.42 Å². The van der Waals surface area contributed by atoms with E-state index in [2.05, 4.69) is 29.3 Å².